The van der Waals surface area contributed by atoms with Crippen LogP contribution in [-0.2, 0) is 16.1 Å². The van der Waals surface area contributed by atoms with Gasteiger partial charge in [0.15, 0.2) is 6.61 Å². The Morgan fingerprint density at radius 1 is 1.00 bits per heavy atom. The molecular weight excluding hydrogens is 380 g/mol. The maximum absolute atomic E-state index is 13.1. The second-order valence-electron chi connectivity index (χ2n) is 7.04. The normalized spacial score (nSPS) is 11.4. The molecular formula is C24H32N2O4. The van der Waals surface area contributed by atoms with Crippen molar-refractivity contribution in [2.75, 3.05) is 20.3 Å². The molecule has 2 rings (SSSR count). The van der Waals surface area contributed by atoms with Crippen LogP contribution >= 0.6 is 0 Å². The van der Waals surface area contributed by atoms with Gasteiger partial charge in [-0.15, -0.1) is 0 Å². The van der Waals surface area contributed by atoms with Crippen LogP contribution in [0.3, 0.4) is 0 Å². The van der Waals surface area contributed by atoms with Crippen molar-refractivity contribution in [3.8, 4) is 11.5 Å². The van der Waals surface area contributed by atoms with E-state index in [4.69, 9.17) is 9.47 Å². The van der Waals surface area contributed by atoms with E-state index >= 15 is 0 Å². The number of unbranched alkanes of at least 4 members (excludes halogenated alkanes) is 1. The third-order valence-electron chi connectivity index (χ3n) is 4.83. The van der Waals surface area contributed by atoms with E-state index in [9.17, 15) is 9.59 Å². The van der Waals surface area contributed by atoms with E-state index in [-0.39, 0.29) is 18.4 Å². The molecule has 0 saturated heterocycles. The van der Waals surface area contributed by atoms with Crippen LogP contribution in [0.4, 0.5) is 0 Å². The number of ether oxygens (including phenoxy) is 2. The molecule has 0 fully saturated rings. The monoisotopic (exact) mass is 412 g/mol. The van der Waals surface area contributed by atoms with E-state index in [1.807, 2.05) is 37.3 Å². The van der Waals surface area contributed by atoms with Gasteiger partial charge >= 0.3 is 0 Å². The number of rotatable bonds is 12. The van der Waals surface area contributed by atoms with E-state index in [0.717, 1.165) is 18.4 Å². The van der Waals surface area contributed by atoms with Crippen LogP contribution < -0.4 is 14.8 Å². The zero-order valence-electron chi connectivity index (χ0n) is 18.1. The van der Waals surface area contributed by atoms with Crippen LogP contribution in [0, 0.1) is 0 Å². The molecule has 30 heavy (non-hydrogen) atoms. The van der Waals surface area contributed by atoms with Crippen molar-refractivity contribution in [3.63, 3.8) is 0 Å². The number of nitrogens with zero attached hydrogens (tertiary/aromatic N) is 1. The van der Waals surface area contributed by atoms with Gasteiger partial charge in [0.25, 0.3) is 5.91 Å². The van der Waals surface area contributed by atoms with Gasteiger partial charge in [0, 0.05) is 13.1 Å². The van der Waals surface area contributed by atoms with Gasteiger partial charge in [0.2, 0.25) is 5.91 Å². The Balaban J connectivity index is 2.11. The van der Waals surface area contributed by atoms with Crippen molar-refractivity contribution in [3.05, 3.63) is 60.2 Å². The number of amides is 2. The molecule has 2 aromatic carbocycles. The van der Waals surface area contributed by atoms with Crippen molar-refractivity contribution < 1.29 is 19.1 Å². The van der Waals surface area contributed by atoms with E-state index in [1.165, 1.54) is 0 Å². The topological polar surface area (TPSA) is 67.9 Å². The standard InChI is InChI=1S/C24H32N2O4/c1-4-6-16-25-24(28)22(5-2)26(17-19-10-8-7-9-11-19)23(27)18-30-21-14-12-20(29-3)13-15-21/h7-15,22H,4-6,16-18H2,1-3H3,(H,25,28)/t22-/m1/s1. The Hall–Kier alpha value is -3.02. The molecule has 0 aliphatic heterocycles. The summed E-state index contributed by atoms with van der Waals surface area (Å²) in [5, 5.41) is 2.95. The number of methoxy groups -OCH3 is 1. The predicted octanol–water partition coefficient (Wildman–Crippen LogP) is 3.80. The average molecular weight is 413 g/mol. The zero-order chi connectivity index (χ0) is 21.8. The summed E-state index contributed by atoms with van der Waals surface area (Å²) in [6.07, 6.45) is 2.44. The Morgan fingerprint density at radius 2 is 1.67 bits per heavy atom. The van der Waals surface area contributed by atoms with Crippen molar-refractivity contribution in [1.29, 1.82) is 0 Å². The molecule has 6 nitrogen and oxygen atoms in total. The average Bonchev–Trinajstić information content (AvgIpc) is 2.78. The molecule has 0 aromatic heterocycles. The van der Waals surface area contributed by atoms with Crippen LogP contribution in [0.15, 0.2) is 54.6 Å². The molecule has 2 aromatic rings. The quantitative estimate of drug-likeness (QED) is 0.539. The first kappa shape index (κ1) is 23.3. The lowest BCUT2D eigenvalue weighted by atomic mass is 10.1. The first-order valence-electron chi connectivity index (χ1n) is 10.5. The number of hydrogen-bond donors (Lipinski definition) is 1. The molecule has 0 saturated carbocycles. The molecule has 0 heterocycles. The SMILES string of the molecule is CCCCNC(=O)[C@@H](CC)N(Cc1ccccc1)C(=O)COc1ccc(OC)cc1. The van der Waals surface area contributed by atoms with Crippen LogP contribution in [0.25, 0.3) is 0 Å². The van der Waals surface area contributed by atoms with Crippen molar-refractivity contribution >= 4 is 11.8 Å². The Kier molecular flexibility index (Phi) is 9.71. The lowest BCUT2D eigenvalue weighted by Crippen LogP contribution is -2.50. The highest BCUT2D eigenvalue weighted by Gasteiger charge is 2.28. The summed E-state index contributed by atoms with van der Waals surface area (Å²) < 4.78 is 10.8. The predicted molar refractivity (Wildman–Crippen MR) is 117 cm³/mol. The van der Waals surface area contributed by atoms with Crippen molar-refractivity contribution in [1.82, 2.24) is 10.2 Å². The minimum absolute atomic E-state index is 0.125. The lowest BCUT2D eigenvalue weighted by molar-refractivity contribution is -0.143. The Bertz CT molecular complexity index is 778. The number of nitrogens with one attached hydrogen (secondary N) is 1. The molecule has 162 valence electrons. The third-order valence-corrected chi connectivity index (χ3v) is 4.83. The summed E-state index contributed by atoms with van der Waals surface area (Å²) in [5.74, 6) is 0.935. The summed E-state index contributed by atoms with van der Waals surface area (Å²) in [6, 6.07) is 16.2. The second kappa shape index (κ2) is 12.5. The summed E-state index contributed by atoms with van der Waals surface area (Å²) in [6.45, 7) is 4.82. The second-order valence-corrected chi connectivity index (χ2v) is 7.04. The number of carbonyl (C=O) groups excluding carboxylic acids is 2. The van der Waals surface area contributed by atoms with Gasteiger partial charge in [-0.3, -0.25) is 9.59 Å². The molecule has 2 amide bonds. The summed E-state index contributed by atoms with van der Waals surface area (Å²) in [5.41, 5.74) is 0.968. The largest absolute Gasteiger partial charge is 0.497 e. The molecule has 0 aliphatic rings. The van der Waals surface area contributed by atoms with E-state index in [2.05, 4.69) is 12.2 Å². The van der Waals surface area contributed by atoms with Gasteiger partial charge in [-0.05, 0) is 42.7 Å². The number of carbonyl (C=O) groups is 2. The highest BCUT2D eigenvalue weighted by atomic mass is 16.5. The molecule has 6 heteroatoms. The Morgan fingerprint density at radius 3 is 2.27 bits per heavy atom. The molecule has 0 radical (unpaired) electrons. The fourth-order valence-corrected chi connectivity index (χ4v) is 3.11. The zero-order valence-corrected chi connectivity index (χ0v) is 18.1. The van der Waals surface area contributed by atoms with Gasteiger partial charge in [0.1, 0.15) is 17.5 Å². The van der Waals surface area contributed by atoms with Gasteiger partial charge in [0.05, 0.1) is 7.11 Å². The van der Waals surface area contributed by atoms with Crippen molar-refractivity contribution in [2.24, 2.45) is 0 Å². The van der Waals surface area contributed by atoms with E-state index in [0.29, 0.717) is 31.0 Å². The van der Waals surface area contributed by atoms with Gasteiger partial charge in [-0.25, -0.2) is 0 Å². The van der Waals surface area contributed by atoms with E-state index in [1.54, 1.807) is 36.3 Å². The maximum Gasteiger partial charge on any atom is 0.261 e. The first-order chi connectivity index (χ1) is 14.6. The molecule has 0 spiro atoms. The fraction of sp³-hybridized carbons (Fsp3) is 0.417. The smallest absolute Gasteiger partial charge is 0.261 e. The van der Waals surface area contributed by atoms with Crippen LogP contribution in [0.5, 0.6) is 11.5 Å². The summed E-state index contributed by atoms with van der Waals surface area (Å²) >= 11 is 0. The molecule has 1 N–H and O–H groups in total. The molecule has 0 bridgehead atoms. The van der Waals surface area contributed by atoms with E-state index < -0.39 is 6.04 Å². The summed E-state index contributed by atoms with van der Waals surface area (Å²) in [7, 11) is 1.59. The highest BCUT2D eigenvalue weighted by molar-refractivity contribution is 5.88. The van der Waals surface area contributed by atoms with Crippen LogP contribution in [-0.4, -0.2) is 43.0 Å². The van der Waals surface area contributed by atoms with Crippen LogP contribution in [0.1, 0.15) is 38.7 Å². The van der Waals surface area contributed by atoms with Gasteiger partial charge in [-0.1, -0.05) is 50.6 Å². The minimum Gasteiger partial charge on any atom is -0.497 e. The minimum atomic E-state index is -0.547. The molecule has 0 aliphatic carbocycles. The fourth-order valence-electron chi connectivity index (χ4n) is 3.11. The summed E-state index contributed by atoms with van der Waals surface area (Å²) in [4.78, 5) is 27.5. The highest BCUT2D eigenvalue weighted by Crippen LogP contribution is 2.18. The number of benzene rings is 2. The number of hydrogen-bond acceptors (Lipinski definition) is 4. The Labute approximate surface area is 179 Å². The van der Waals surface area contributed by atoms with Gasteiger partial charge in [-0.2, -0.15) is 0 Å². The lowest BCUT2D eigenvalue weighted by Gasteiger charge is -2.30. The first-order valence-corrected chi connectivity index (χ1v) is 10.5. The molecule has 0 unspecified atom stereocenters. The van der Waals surface area contributed by atoms with Gasteiger partial charge < -0.3 is 19.7 Å². The third kappa shape index (κ3) is 7.10. The van der Waals surface area contributed by atoms with Crippen LogP contribution in [0.2, 0.25) is 0 Å². The maximum atomic E-state index is 13.1. The van der Waals surface area contributed by atoms with Crippen molar-refractivity contribution in [2.45, 2.75) is 45.7 Å². The molecule has 1 atom stereocenters.